The largest absolute Gasteiger partial charge is 0.508 e. The quantitative estimate of drug-likeness (QED) is 0.177. The first kappa shape index (κ1) is 17.1. The number of phenolic OH excluding ortho intramolecular Hbond substituents is 1. The second-order valence-electron chi connectivity index (χ2n) is 3.84. The highest BCUT2D eigenvalue weighted by molar-refractivity contribution is 7.79. The minimum absolute atomic E-state index is 0.00858. The van der Waals surface area contributed by atoms with Crippen LogP contribution in [-0.4, -0.2) is 36.0 Å². The maximum Gasteiger partial charge on any atom is 0.313 e. The van der Waals surface area contributed by atoms with Crippen molar-refractivity contribution < 1.29 is 29.3 Å². The topological polar surface area (TPSA) is 108 Å². The first-order valence-corrected chi connectivity index (χ1v) is 6.64. The second-order valence-corrected chi connectivity index (χ2v) is 4.16. The van der Waals surface area contributed by atoms with Crippen molar-refractivity contribution in [3.63, 3.8) is 0 Å². The maximum absolute atomic E-state index is 11.6. The van der Waals surface area contributed by atoms with Gasteiger partial charge in [-0.3, -0.25) is 4.79 Å². The van der Waals surface area contributed by atoms with E-state index >= 15 is 0 Å². The summed E-state index contributed by atoms with van der Waals surface area (Å²) in [4.78, 5) is 25.5. The third-order valence-electron chi connectivity index (χ3n) is 2.31. The van der Waals surface area contributed by atoms with E-state index in [0.717, 1.165) is 0 Å². The number of carbonyl (C=O) groups is 1. The number of carbonyl (C=O) groups excluding carboxylic acids is 1. The van der Waals surface area contributed by atoms with Gasteiger partial charge in [0.15, 0.2) is 0 Å². The lowest BCUT2D eigenvalue weighted by Gasteiger charge is -2.09. The molecule has 0 saturated heterocycles. The number of benzene rings is 1. The van der Waals surface area contributed by atoms with Crippen molar-refractivity contribution in [1.82, 2.24) is 0 Å². The lowest BCUT2D eigenvalue weighted by molar-refractivity contribution is -0.758. The van der Waals surface area contributed by atoms with Crippen LogP contribution in [0.15, 0.2) is 18.2 Å². The van der Waals surface area contributed by atoms with Gasteiger partial charge in [0.1, 0.15) is 18.1 Å². The molecule has 0 fully saturated rings. The zero-order valence-corrected chi connectivity index (χ0v) is 12.0. The van der Waals surface area contributed by atoms with Gasteiger partial charge in [0.25, 0.3) is 5.09 Å². The molecule has 0 heterocycles. The molecular weight excluding hydrogens is 302 g/mol. The summed E-state index contributed by atoms with van der Waals surface area (Å²) in [7, 11) is 0. The van der Waals surface area contributed by atoms with E-state index in [1.54, 1.807) is 0 Å². The number of esters is 1. The van der Waals surface area contributed by atoms with Crippen LogP contribution in [0.25, 0.3) is 0 Å². The molecule has 8 nitrogen and oxygen atoms in total. The molecule has 0 bridgehead atoms. The third-order valence-corrected chi connectivity index (χ3v) is 2.65. The van der Waals surface area contributed by atoms with E-state index < -0.39 is 11.1 Å². The predicted molar refractivity (Wildman–Crippen MR) is 74.8 cm³/mol. The molecule has 1 aromatic rings. The Morgan fingerprint density at radius 1 is 1.33 bits per heavy atom. The van der Waals surface area contributed by atoms with Gasteiger partial charge in [-0.2, -0.15) is 12.6 Å². The summed E-state index contributed by atoms with van der Waals surface area (Å²) in [6.45, 7) is -0.118. The molecule has 0 aliphatic heterocycles. The fraction of sp³-hybridized carbons (Fsp3) is 0.417. The smallest absolute Gasteiger partial charge is 0.313 e. The highest BCUT2D eigenvalue weighted by atomic mass is 32.1. The minimum atomic E-state index is -0.915. The molecule has 0 aliphatic carbocycles. The van der Waals surface area contributed by atoms with Gasteiger partial charge in [-0.1, -0.05) is 0 Å². The van der Waals surface area contributed by atoms with Crippen molar-refractivity contribution in [2.45, 2.75) is 12.2 Å². The van der Waals surface area contributed by atoms with E-state index in [1.165, 1.54) is 18.2 Å². The maximum atomic E-state index is 11.6. The van der Waals surface area contributed by atoms with E-state index in [-0.39, 0.29) is 32.0 Å². The Hall–Kier alpha value is -2.00. The van der Waals surface area contributed by atoms with E-state index in [0.29, 0.717) is 17.1 Å². The summed E-state index contributed by atoms with van der Waals surface area (Å²) >= 11 is 4.08. The number of nitrogens with zero attached hydrogens (tertiary/aromatic N) is 1. The van der Waals surface area contributed by atoms with Crippen molar-refractivity contribution >= 4 is 18.6 Å². The molecule has 1 rings (SSSR count). The fourth-order valence-electron chi connectivity index (χ4n) is 1.39. The monoisotopic (exact) mass is 317 g/mol. The summed E-state index contributed by atoms with van der Waals surface area (Å²) in [6, 6.07) is 4.34. The zero-order chi connectivity index (χ0) is 15.7. The number of rotatable bonds is 9. The van der Waals surface area contributed by atoms with Crippen LogP contribution in [0.2, 0.25) is 0 Å². The zero-order valence-electron chi connectivity index (χ0n) is 11.1. The standard InChI is InChI=1S/C12H15NO7S/c14-10-1-2-11(9(7-10)8-21)20-12(15)3-4-18-5-6-19-13(16)17/h1-2,7,14,21H,3-6,8H2. The van der Waals surface area contributed by atoms with Crippen LogP contribution < -0.4 is 4.74 Å². The van der Waals surface area contributed by atoms with E-state index in [1.807, 2.05) is 0 Å². The number of thiol groups is 1. The van der Waals surface area contributed by atoms with Crippen molar-refractivity contribution in [3.05, 3.63) is 33.9 Å². The number of ether oxygens (including phenoxy) is 2. The van der Waals surface area contributed by atoms with Crippen LogP contribution in [0.4, 0.5) is 0 Å². The lowest BCUT2D eigenvalue weighted by atomic mass is 10.2. The van der Waals surface area contributed by atoms with Crippen molar-refractivity contribution in [2.75, 3.05) is 19.8 Å². The summed E-state index contributed by atoms with van der Waals surface area (Å²) in [5.74, 6) is 0.183. The molecule has 116 valence electrons. The average Bonchev–Trinajstić information content (AvgIpc) is 2.44. The molecular formula is C12H15NO7S. The number of phenols is 1. The van der Waals surface area contributed by atoms with Gasteiger partial charge in [0.05, 0.1) is 19.6 Å². The highest BCUT2D eigenvalue weighted by Gasteiger charge is 2.09. The van der Waals surface area contributed by atoms with Crippen LogP contribution in [0.5, 0.6) is 11.5 Å². The summed E-state index contributed by atoms with van der Waals surface area (Å²) in [5.41, 5.74) is 0.590. The molecule has 0 aromatic heterocycles. The Balaban J connectivity index is 2.29. The van der Waals surface area contributed by atoms with Crippen LogP contribution >= 0.6 is 12.6 Å². The molecule has 0 atom stereocenters. The minimum Gasteiger partial charge on any atom is -0.508 e. The fourth-order valence-corrected chi connectivity index (χ4v) is 1.64. The van der Waals surface area contributed by atoms with Crippen molar-refractivity contribution in [3.8, 4) is 11.5 Å². The number of aromatic hydroxyl groups is 1. The van der Waals surface area contributed by atoms with Gasteiger partial charge in [-0.25, -0.2) is 0 Å². The molecule has 0 aliphatic rings. The molecule has 0 spiro atoms. The molecule has 21 heavy (non-hydrogen) atoms. The summed E-state index contributed by atoms with van der Waals surface area (Å²) < 4.78 is 10.1. The Labute approximate surface area is 126 Å². The molecule has 1 N–H and O–H groups in total. The molecule has 0 saturated carbocycles. The average molecular weight is 317 g/mol. The Morgan fingerprint density at radius 3 is 2.76 bits per heavy atom. The van der Waals surface area contributed by atoms with Gasteiger partial charge in [0, 0.05) is 11.3 Å². The number of hydrogen-bond donors (Lipinski definition) is 2. The Kier molecular flexibility index (Phi) is 7.33. The molecule has 9 heteroatoms. The first-order valence-electron chi connectivity index (χ1n) is 6.01. The number of hydrogen-bond acceptors (Lipinski definition) is 8. The Bertz CT molecular complexity index is 494. The van der Waals surface area contributed by atoms with Crippen LogP contribution in [0, 0.1) is 10.1 Å². The highest BCUT2D eigenvalue weighted by Crippen LogP contribution is 2.25. The second kappa shape index (κ2) is 9.03. The van der Waals surface area contributed by atoms with Crippen LogP contribution in [0.1, 0.15) is 12.0 Å². The summed E-state index contributed by atoms with van der Waals surface area (Å²) in [5, 5.41) is 18.3. The van der Waals surface area contributed by atoms with Gasteiger partial charge >= 0.3 is 5.97 Å². The first-order chi connectivity index (χ1) is 10.0. The van der Waals surface area contributed by atoms with E-state index in [9.17, 15) is 20.0 Å². The van der Waals surface area contributed by atoms with Crippen molar-refractivity contribution in [2.24, 2.45) is 0 Å². The van der Waals surface area contributed by atoms with Crippen molar-refractivity contribution in [1.29, 1.82) is 0 Å². The Morgan fingerprint density at radius 2 is 2.10 bits per heavy atom. The van der Waals surface area contributed by atoms with Crippen LogP contribution in [0.3, 0.4) is 0 Å². The molecule has 0 radical (unpaired) electrons. The molecule has 1 aromatic carbocycles. The molecule has 0 amide bonds. The van der Waals surface area contributed by atoms with Gasteiger partial charge < -0.3 is 19.4 Å². The predicted octanol–water partition coefficient (Wildman–Crippen LogP) is 1.34. The lowest BCUT2D eigenvalue weighted by Crippen LogP contribution is -2.14. The van der Waals surface area contributed by atoms with E-state index in [4.69, 9.17) is 9.47 Å². The van der Waals surface area contributed by atoms with Crippen LogP contribution in [-0.2, 0) is 20.1 Å². The third kappa shape index (κ3) is 6.82. The molecule has 0 unspecified atom stereocenters. The van der Waals surface area contributed by atoms with Gasteiger partial charge in [0.2, 0.25) is 0 Å². The summed E-state index contributed by atoms with van der Waals surface area (Å²) in [6.07, 6.45) is -0.00858. The van der Waals surface area contributed by atoms with Gasteiger partial charge in [-0.15, -0.1) is 10.1 Å². The van der Waals surface area contributed by atoms with Gasteiger partial charge in [-0.05, 0) is 18.2 Å². The normalized spacial score (nSPS) is 10.1. The van der Waals surface area contributed by atoms with E-state index in [2.05, 4.69) is 17.5 Å². The SMILES string of the molecule is O=C(CCOCCO[N+](=O)[O-])Oc1ccc(O)cc1CS.